The van der Waals surface area contributed by atoms with Gasteiger partial charge in [0, 0.05) is 21.0 Å². The van der Waals surface area contributed by atoms with E-state index in [1.807, 2.05) is 18.2 Å². The van der Waals surface area contributed by atoms with Gasteiger partial charge in [-0.3, -0.25) is 0 Å². The molecule has 0 unspecified atom stereocenters. The molecular formula is C20H11ClN2S. The van der Waals surface area contributed by atoms with E-state index in [1.165, 1.54) is 20.9 Å². The molecule has 2 aromatic heterocycles. The van der Waals surface area contributed by atoms with Gasteiger partial charge < -0.3 is 0 Å². The molecule has 0 saturated carbocycles. The first kappa shape index (κ1) is 13.9. The zero-order valence-corrected chi connectivity index (χ0v) is 14.1. The van der Waals surface area contributed by atoms with Crippen LogP contribution in [-0.2, 0) is 0 Å². The van der Waals surface area contributed by atoms with Crippen LogP contribution in [0.4, 0.5) is 0 Å². The SMILES string of the molecule is Clc1nc(-c2ccccc2)c2c(n1)sc1cc3ccccc3cc12. The Morgan fingerprint density at radius 1 is 0.792 bits per heavy atom. The second-order valence-electron chi connectivity index (χ2n) is 5.69. The van der Waals surface area contributed by atoms with Crippen LogP contribution < -0.4 is 0 Å². The van der Waals surface area contributed by atoms with E-state index in [2.05, 4.69) is 58.5 Å². The fraction of sp³-hybridized carbons (Fsp3) is 0. The van der Waals surface area contributed by atoms with E-state index < -0.39 is 0 Å². The fourth-order valence-electron chi connectivity index (χ4n) is 3.14. The van der Waals surface area contributed by atoms with Crippen molar-refractivity contribution in [1.29, 1.82) is 0 Å². The number of halogens is 1. The predicted molar refractivity (Wildman–Crippen MR) is 103 cm³/mol. The number of benzene rings is 3. The van der Waals surface area contributed by atoms with Crippen molar-refractivity contribution in [2.75, 3.05) is 0 Å². The summed E-state index contributed by atoms with van der Waals surface area (Å²) in [4.78, 5) is 9.93. The molecule has 2 heterocycles. The van der Waals surface area contributed by atoms with Gasteiger partial charge in [0.15, 0.2) is 0 Å². The van der Waals surface area contributed by atoms with Crippen molar-refractivity contribution < 1.29 is 0 Å². The summed E-state index contributed by atoms with van der Waals surface area (Å²) < 4.78 is 1.21. The Hall–Kier alpha value is -2.49. The molecule has 0 spiro atoms. The number of thiophene rings is 1. The molecule has 0 N–H and O–H groups in total. The van der Waals surface area contributed by atoms with Crippen LogP contribution >= 0.6 is 22.9 Å². The maximum atomic E-state index is 6.19. The predicted octanol–water partition coefficient (Wildman–Crippen LogP) is 6.32. The summed E-state index contributed by atoms with van der Waals surface area (Å²) in [5, 5.41) is 5.01. The zero-order valence-electron chi connectivity index (χ0n) is 12.5. The first-order valence-electron chi connectivity index (χ1n) is 7.63. The summed E-state index contributed by atoms with van der Waals surface area (Å²) in [7, 11) is 0. The number of rotatable bonds is 1. The van der Waals surface area contributed by atoms with Gasteiger partial charge in [-0.1, -0.05) is 54.6 Å². The summed E-state index contributed by atoms with van der Waals surface area (Å²) >= 11 is 7.85. The molecule has 0 radical (unpaired) electrons. The highest BCUT2D eigenvalue weighted by atomic mass is 35.5. The molecule has 114 valence electrons. The maximum Gasteiger partial charge on any atom is 0.224 e. The third-order valence-electron chi connectivity index (χ3n) is 4.22. The Balaban J connectivity index is 1.97. The van der Waals surface area contributed by atoms with Gasteiger partial charge in [0.2, 0.25) is 5.28 Å². The smallest absolute Gasteiger partial charge is 0.217 e. The molecule has 2 nitrogen and oxygen atoms in total. The summed E-state index contributed by atoms with van der Waals surface area (Å²) in [5.74, 6) is 0. The molecule has 0 aliphatic rings. The van der Waals surface area contributed by atoms with Crippen LogP contribution in [0.1, 0.15) is 0 Å². The van der Waals surface area contributed by atoms with Crippen molar-refractivity contribution in [3.8, 4) is 11.3 Å². The molecule has 0 atom stereocenters. The minimum atomic E-state index is 0.289. The monoisotopic (exact) mass is 346 g/mol. The van der Waals surface area contributed by atoms with Crippen molar-refractivity contribution in [3.05, 3.63) is 72.0 Å². The van der Waals surface area contributed by atoms with Crippen LogP contribution in [-0.4, -0.2) is 9.97 Å². The minimum Gasteiger partial charge on any atom is -0.217 e. The largest absolute Gasteiger partial charge is 0.224 e. The van der Waals surface area contributed by atoms with Crippen LogP contribution in [0.2, 0.25) is 5.28 Å². The van der Waals surface area contributed by atoms with E-state index in [-0.39, 0.29) is 5.28 Å². The molecule has 0 amide bonds. The molecule has 5 aromatic rings. The number of fused-ring (bicyclic) bond motifs is 4. The van der Waals surface area contributed by atoms with Gasteiger partial charge in [0.25, 0.3) is 0 Å². The molecular weight excluding hydrogens is 336 g/mol. The second-order valence-corrected chi connectivity index (χ2v) is 7.05. The topological polar surface area (TPSA) is 25.8 Å². The highest BCUT2D eigenvalue weighted by Gasteiger charge is 2.15. The van der Waals surface area contributed by atoms with Crippen molar-refractivity contribution in [3.63, 3.8) is 0 Å². The van der Waals surface area contributed by atoms with E-state index in [0.717, 1.165) is 21.5 Å². The third kappa shape index (κ3) is 2.09. The first-order chi connectivity index (χ1) is 11.8. The average molecular weight is 347 g/mol. The van der Waals surface area contributed by atoms with Crippen molar-refractivity contribution in [2.24, 2.45) is 0 Å². The van der Waals surface area contributed by atoms with Gasteiger partial charge in [-0.05, 0) is 34.5 Å². The molecule has 3 aromatic carbocycles. The number of hydrogen-bond donors (Lipinski definition) is 0. The Morgan fingerprint density at radius 3 is 2.29 bits per heavy atom. The van der Waals surface area contributed by atoms with Gasteiger partial charge in [-0.15, -0.1) is 11.3 Å². The summed E-state index contributed by atoms with van der Waals surface area (Å²) in [6, 6.07) is 23.0. The summed E-state index contributed by atoms with van der Waals surface area (Å²) in [5.41, 5.74) is 1.95. The number of hydrogen-bond acceptors (Lipinski definition) is 3. The highest BCUT2D eigenvalue weighted by Crippen LogP contribution is 2.40. The van der Waals surface area contributed by atoms with Gasteiger partial charge in [-0.25, -0.2) is 9.97 Å². The Kier molecular flexibility index (Phi) is 3.05. The molecule has 5 rings (SSSR count). The second kappa shape index (κ2) is 5.26. The first-order valence-corrected chi connectivity index (χ1v) is 8.83. The van der Waals surface area contributed by atoms with Crippen LogP contribution in [0, 0.1) is 0 Å². The molecule has 0 fully saturated rings. The summed E-state index contributed by atoms with van der Waals surface area (Å²) in [6.45, 7) is 0. The number of aromatic nitrogens is 2. The normalized spacial score (nSPS) is 11.5. The minimum absolute atomic E-state index is 0.289. The maximum absolute atomic E-state index is 6.19. The Bertz CT molecular complexity index is 1210. The average Bonchev–Trinajstić information content (AvgIpc) is 2.96. The molecule has 24 heavy (non-hydrogen) atoms. The van der Waals surface area contributed by atoms with Crippen LogP contribution in [0.5, 0.6) is 0 Å². The van der Waals surface area contributed by atoms with Crippen LogP contribution in [0.15, 0.2) is 66.7 Å². The van der Waals surface area contributed by atoms with Gasteiger partial charge >= 0.3 is 0 Å². The highest BCUT2D eigenvalue weighted by molar-refractivity contribution is 7.25. The van der Waals surface area contributed by atoms with E-state index in [9.17, 15) is 0 Å². The van der Waals surface area contributed by atoms with Crippen molar-refractivity contribution in [1.82, 2.24) is 9.97 Å². The van der Waals surface area contributed by atoms with Gasteiger partial charge in [0.05, 0.1) is 5.69 Å². The molecule has 0 aliphatic heterocycles. The zero-order chi connectivity index (χ0) is 16.1. The lowest BCUT2D eigenvalue weighted by atomic mass is 10.0. The Labute approximate surface area is 147 Å². The van der Waals surface area contributed by atoms with Crippen molar-refractivity contribution >= 4 is 54.0 Å². The van der Waals surface area contributed by atoms with E-state index in [1.54, 1.807) is 11.3 Å². The quantitative estimate of drug-likeness (QED) is 0.332. The van der Waals surface area contributed by atoms with E-state index >= 15 is 0 Å². The van der Waals surface area contributed by atoms with Gasteiger partial charge in [0.1, 0.15) is 4.83 Å². The third-order valence-corrected chi connectivity index (χ3v) is 5.44. The standard InChI is InChI=1S/C20H11ClN2S/c21-20-22-18(12-6-2-1-3-7-12)17-15-10-13-8-4-5-9-14(13)11-16(15)24-19(17)23-20/h1-11H. The van der Waals surface area contributed by atoms with Crippen LogP contribution in [0.3, 0.4) is 0 Å². The van der Waals surface area contributed by atoms with E-state index in [4.69, 9.17) is 11.6 Å². The summed E-state index contributed by atoms with van der Waals surface area (Å²) in [6.07, 6.45) is 0. The molecule has 0 aliphatic carbocycles. The molecule has 4 heteroatoms. The van der Waals surface area contributed by atoms with Crippen LogP contribution in [0.25, 0.3) is 42.3 Å². The van der Waals surface area contributed by atoms with Crippen molar-refractivity contribution in [2.45, 2.75) is 0 Å². The van der Waals surface area contributed by atoms with E-state index in [0.29, 0.717) is 0 Å². The fourth-order valence-corrected chi connectivity index (χ4v) is 4.46. The molecule has 0 saturated heterocycles. The number of nitrogens with zero attached hydrogens (tertiary/aromatic N) is 2. The lowest BCUT2D eigenvalue weighted by Crippen LogP contribution is -1.88. The lowest BCUT2D eigenvalue weighted by Gasteiger charge is -2.04. The molecule has 0 bridgehead atoms. The Morgan fingerprint density at radius 2 is 1.50 bits per heavy atom. The lowest BCUT2D eigenvalue weighted by molar-refractivity contribution is 1.24. The van der Waals surface area contributed by atoms with Gasteiger partial charge in [-0.2, -0.15) is 0 Å².